The molecular weight excluding hydrogens is 354 g/mol. The second kappa shape index (κ2) is 6.86. The smallest absolute Gasteiger partial charge is 0.287 e. The number of piperidine rings is 1. The summed E-state index contributed by atoms with van der Waals surface area (Å²) in [4.78, 5) is 18.8. The third-order valence-corrected chi connectivity index (χ3v) is 6.10. The number of pyridine rings is 1. The summed E-state index contributed by atoms with van der Waals surface area (Å²) < 4.78 is 10.9. The summed E-state index contributed by atoms with van der Waals surface area (Å²) in [5, 5.41) is 3.89. The van der Waals surface area contributed by atoms with E-state index in [0.717, 1.165) is 42.5 Å². The van der Waals surface area contributed by atoms with Crippen LogP contribution >= 0.6 is 0 Å². The molecule has 3 aromatic rings. The van der Waals surface area contributed by atoms with Crippen LogP contribution in [-0.2, 0) is 0 Å². The molecule has 1 saturated carbocycles. The van der Waals surface area contributed by atoms with Crippen LogP contribution in [0, 0.1) is 17.8 Å². The van der Waals surface area contributed by atoms with Crippen LogP contribution in [0.1, 0.15) is 17.0 Å². The molecule has 1 N–H and O–H groups in total. The van der Waals surface area contributed by atoms with E-state index < -0.39 is 0 Å². The molecule has 2 atom stereocenters. The van der Waals surface area contributed by atoms with Crippen molar-refractivity contribution in [2.24, 2.45) is 17.8 Å². The maximum Gasteiger partial charge on any atom is 0.287 e. The number of furan rings is 1. The van der Waals surface area contributed by atoms with Gasteiger partial charge < -0.3 is 19.4 Å². The molecule has 5 rings (SSSR count). The third kappa shape index (κ3) is 3.09. The molecule has 1 aromatic carbocycles. The zero-order chi connectivity index (χ0) is 19.1. The lowest BCUT2D eigenvalue weighted by Gasteiger charge is -2.22. The molecule has 6 heteroatoms. The van der Waals surface area contributed by atoms with Crippen molar-refractivity contribution in [3.05, 3.63) is 54.6 Å². The van der Waals surface area contributed by atoms with Crippen LogP contribution in [-0.4, -0.2) is 37.6 Å². The standard InChI is InChI=1S/C22H23N3O3/c1-27-16-4-2-3-15(10-16)25-12-18-17(19(18)13-25)6-8-24-22(26)20-9-14-5-7-23-11-21(14)28-20/h2-5,7,9-11,17-19H,6,8,12-13H2,1H3,(H,24,26). The fourth-order valence-electron chi connectivity index (χ4n) is 4.53. The highest BCUT2D eigenvalue weighted by molar-refractivity contribution is 5.95. The molecule has 6 nitrogen and oxygen atoms in total. The van der Waals surface area contributed by atoms with Crippen molar-refractivity contribution in [1.29, 1.82) is 0 Å². The summed E-state index contributed by atoms with van der Waals surface area (Å²) in [6.07, 6.45) is 4.35. The van der Waals surface area contributed by atoms with Gasteiger partial charge in [0.25, 0.3) is 5.91 Å². The second-order valence-corrected chi connectivity index (χ2v) is 7.67. The van der Waals surface area contributed by atoms with Crippen molar-refractivity contribution < 1.29 is 13.9 Å². The number of ether oxygens (including phenoxy) is 1. The van der Waals surface area contributed by atoms with E-state index in [0.29, 0.717) is 23.8 Å². The quantitative estimate of drug-likeness (QED) is 0.714. The van der Waals surface area contributed by atoms with Crippen molar-refractivity contribution in [3.63, 3.8) is 0 Å². The van der Waals surface area contributed by atoms with Gasteiger partial charge in [0.1, 0.15) is 5.75 Å². The monoisotopic (exact) mass is 377 g/mol. The molecule has 0 spiro atoms. The van der Waals surface area contributed by atoms with Gasteiger partial charge in [-0.3, -0.25) is 9.78 Å². The number of rotatable bonds is 6. The van der Waals surface area contributed by atoms with Gasteiger partial charge in [-0.05, 0) is 48.4 Å². The summed E-state index contributed by atoms with van der Waals surface area (Å²) >= 11 is 0. The van der Waals surface area contributed by atoms with E-state index in [9.17, 15) is 4.79 Å². The van der Waals surface area contributed by atoms with Gasteiger partial charge in [-0.1, -0.05) is 6.07 Å². The normalized spacial score (nSPS) is 22.9. The molecule has 1 saturated heterocycles. The fourth-order valence-corrected chi connectivity index (χ4v) is 4.53. The molecule has 28 heavy (non-hydrogen) atoms. The van der Waals surface area contributed by atoms with E-state index in [1.807, 2.05) is 18.2 Å². The number of methoxy groups -OCH3 is 1. The largest absolute Gasteiger partial charge is 0.497 e. The number of hydrogen-bond acceptors (Lipinski definition) is 5. The van der Waals surface area contributed by atoms with Crippen LogP contribution in [0.2, 0.25) is 0 Å². The number of carbonyl (C=O) groups excluding carboxylic acids is 1. The number of carbonyl (C=O) groups is 1. The Kier molecular flexibility index (Phi) is 4.19. The molecule has 1 aliphatic carbocycles. The Labute approximate surface area is 163 Å². The average molecular weight is 377 g/mol. The minimum atomic E-state index is -0.153. The predicted octanol–water partition coefficient (Wildman–Crippen LogP) is 3.34. The lowest BCUT2D eigenvalue weighted by molar-refractivity contribution is 0.0926. The van der Waals surface area contributed by atoms with Gasteiger partial charge >= 0.3 is 0 Å². The van der Waals surface area contributed by atoms with E-state index in [4.69, 9.17) is 9.15 Å². The van der Waals surface area contributed by atoms with Crippen molar-refractivity contribution in [1.82, 2.24) is 10.3 Å². The van der Waals surface area contributed by atoms with Gasteiger partial charge in [-0.25, -0.2) is 0 Å². The van der Waals surface area contributed by atoms with Crippen LogP contribution in [0.3, 0.4) is 0 Å². The minimum Gasteiger partial charge on any atom is -0.497 e. The maximum absolute atomic E-state index is 12.3. The Morgan fingerprint density at radius 1 is 1.29 bits per heavy atom. The van der Waals surface area contributed by atoms with E-state index in [2.05, 4.69) is 27.3 Å². The SMILES string of the molecule is COc1cccc(N2CC3C(CCNC(=O)c4cc5ccncc5o4)C3C2)c1. The average Bonchev–Trinajstić information content (AvgIpc) is 3.10. The first-order valence-corrected chi connectivity index (χ1v) is 9.73. The summed E-state index contributed by atoms with van der Waals surface area (Å²) in [7, 11) is 1.70. The van der Waals surface area contributed by atoms with Crippen LogP contribution in [0.15, 0.2) is 53.2 Å². The van der Waals surface area contributed by atoms with Gasteiger partial charge in [-0.15, -0.1) is 0 Å². The zero-order valence-corrected chi connectivity index (χ0v) is 15.8. The topological polar surface area (TPSA) is 67.6 Å². The van der Waals surface area contributed by atoms with Crippen molar-refractivity contribution >= 4 is 22.6 Å². The van der Waals surface area contributed by atoms with Gasteiger partial charge in [0.15, 0.2) is 11.3 Å². The third-order valence-electron chi connectivity index (χ3n) is 6.10. The molecule has 0 radical (unpaired) electrons. The number of anilines is 1. The van der Waals surface area contributed by atoms with Crippen molar-refractivity contribution in [2.75, 3.05) is 31.6 Å². The number of amides is 1. The Bertz CT molecular complexity index is 970. The van der Waals surface area contributed by atoms with Gasteiger partial charge in [0.2, 0.25) is 0 Å². The first kappa shape index (κ1) is 17.1. The van der Waals surface area contributed by atoms with Crippen LogP contribution < -0.4 is 15.0 Å². The summed E-state index contributed by atoms with van der Waals surface area (Å²) in [6.45, 7) is 2.87. The van der Waals surface area contributed by atoms with Crippen molar-refractivity contribution in [3.8, 4) is 5.75 Å². The summed E-state index contributed by atoms with van der Waals surface area (Å²) in [5.41, 5.74) is 1.87. The molecule has 144 valence electrons. The van der Waals surface area contributed by atoms with E-state index in [1.165, 1.54) is 5.69 Å². The molecule has 1 amide bonds. The number of fused-ring (bicyclic) bond motifs is 2. The lowest BCUT2D eigenvalue weighted by atomic mass is 10.1. The molecule has 2 aromatic heterocycles. The maximum atomic E-state index is 12.3. The Morgan fingerprint density at radius 2 is 2.14 bits per heavy atom. The molecular formula is C22H23N3O3. The first-order valence-electron chi connectivity index (χ1n) is 9.73. The molecule has 2 aliphatic rings. The molecule has 2 unspecified atom stereocenters. The van der Waals surface area contributed by atoms with Crippen LogP contribution in [0.4, 0.5) is 5.69 Å². The fraction of sp³-hybridized carbons (Fsp3) is 0.364. The molecule has 0 bridgehead atoms. The highest BCUT2D eigenvalue weighted by Crippen LogP contribution is 2.54. The van der Waals surface area contributed by atoms with Crippen LogP contribution in [0.5, 0.6) is 5.75 Å². The summed E-state index contributed by atoms with van der Waals surface area (Å²) in [5.74, 6) is 3.28. The minimum absolute atomic E-state index is 0.153. The highest BCUT2D eigenvalue weighted by atomic mass is 16.5. The van der Waals surface area contributed by atoms with Gasteiger partial charge in [0.05, 0.1) is 13.3 Å². The Morgan fingerprint density at radius 3 is 2.93 bits per heavy atom. The van der Waals surface area contributed by atoms with Crippen LogP contribution in [0.25, 0.3) is 11.0 Å². The van der Waals surface area contributed by atoms with E-state index in [1.54, 1.807) is 25.6 Å². The lowest BCUT2D eigenvalue weighted by Crippen LogP contribution is -2.27. The van der Waals surface area contributed by atoms with E-state index in [-0.39, 0.29) is 5.91 Å². The van der Waals surface area contributed by atoms with E-state index >= 15 is 0 Å². The summed E-state index contributed by atoms with van der Waals surface area (Å²) in [6, 6.07) is 11.9. The first-order chi connectivity index (χ1) is 13.7. The predicted molar refractivity (Wildman–Crippen MR) is 107 cm³/mol. The van der Waals surface area contributed by atoms with Crippen molar-refractivity contribution in [2.45, 2.75) is 6.42 Å². The molecule has 3 heterocycles. The molecule has 1 aliphatic heterocycles. The number of nitrogens with one attached hydrogen (secondary N) is 1. The second-order valence-electron chi connectivity index (χ2n) is 7.67. The van der Waals surface area contributed by atoms with Gasteiger partial charge in [-0.2, -0.15) is 0 Å². The Balaban J connectivity index is 1.10. The zero-order valence-electron chi connectivity index (χ0n) is 15.8. The number of hydrogen-bond donors (Lipinski definition) is 1. The van der Waals surface area contributed by atoms with Gasteiger partial charge in [0, 0.05) is 43.0 Å². The highest BCUT2D eigenvalue weighted by Gasteiger charge is 2.54. The molecule has 2 fully saturated rings. The number of nitrogens with zero attached hydrogens (tertiary/aromatic N) is 2. The number of aromatic nitrogens is 1. The number of benzene rings is 1. The Hall–Kier alpha value is -3.02.